The molecule has 0 saturated heterocycles. The molecule has 18 heteroatoms. The molecule has 205 valence electrons. The minimum absolute atomic E-state index is 0. The Morgan fingerprint density at radius 3 is 2.31 bits per heavy atom. The molecule has 4 aromatic rings. The van der Waals surface area contributed by atoms with Crippen LogP contribution in [0.2, 0.25) is 0 Å². The van der Waals surface area contributed by atoms with Gasteiger partial charge in [0.2, 0.25) is 0 Å². The molecule has 0 fully saturated rings. The summed E-state index contributed by atoms with van der Waals surface area (Å²) >= 11 is 0. The zero-order chi connectivity index (χ0) is 27.3. The quantitative estimate of drug-likeness (QED) is 0.306. The van der Waals surface area contributed by atoms with E-state index in [0.29, 0.717) is 6.07 Å². The van der Waals surface area contributed by atoms with E-state index in [9.17, 15) is 34.8 Å². The zero-order valence-electron chi connectivity index (χ0n) is 18.9. The van der Waals surface area contributed by atoms with Crippen LogP contribution in [-0.2, 0) is 43.2 Å². The van der Waals surface area contributed by atoms with E-state index >= 15 is 0 Å². The first-order valence-corrected chi connectivity index (χ1v) is 11.8. The number of ether oxygens (including phenoxy) is 1. The Kier molecular flexibility index (Phi) is 7.32. The fraction of sp³-hybridized carbons (Fsp3) is 0.143. The third kappa shape index (κ3) is 5.67. The summed E-state index contributed by atoms with van der Waals surface area (Å²) in [4.78, 5) is 3.21. The van der Waals surface area contributed by atoms with Crippen molar-refractivity contribution in [1.29, 1.82) is 0 Å². The molecule has 3 heterocycles. The number of hydrogen-bond donors (Lipinski definition) is 1. The first-order chi connectivity index (χ1) is 17.8. The number of benzene rings is 2. The van der Waals surface area contributed by atoms with Crippen molar-refractivity contribution in [1.82, 2.24) is 25.6 Å². The second-order valence-electron chi connectivity index (χ2n) is 7.76. The Labute approximate surface area is 229 Å². The van der Waals surface area contributed by atoms with E-state index in [-0.39, 0.29) is 54.6 Å². The van der Waals surface area contributed by atoms with Gasteiger partial charge in [0.05, 0.1) is 28.6 Å². The number of aromatic nitrogens is 5. The van der Waals surface area contributed by atoms with Gasteiger partial charge in [0.25, 0.3) is 10.0 Å². The zero-order valence-corrected chi connectivity index (χ0v) is 22.4. The van der Waals surface area contributed by atoms with E-state index < -0.39 is 45.4 Å². The SMILES string of the molecule is O=S(=O)(c1ccc(OC(F)(F)F)cc1)N1Cc2ccc(C(F)(F)F)nc2Nc2cccc(-c3nn[n-]n3)c21.[Re]. The number of nitrogens with zero attached hydrogens (tertiary/aromatic N) is 6. The van der Waals surface area contributed by atoms with Crippen molar-refractivity contribution in [2.75, 3.05) is 9.62 Å². The largest absolute Gasteiger partial charge is 0.573 e. The predicted octanol–water partition coefficient (Wildman–Crippen LogP) is 4.26. The Balaban J connectivity index is 0.00000353. The average Bonchev–Trinajstić information content (AvgIpc) is 3.30. The number of fused-ring (bicyclic) bond motifs is 2. The van der Waals surface area contributed by atoms with Gasteiger partial charge in [-0.1, -0.05) is 18.2 Å². The third-order valence-corrected chi connectivity index (χ3v) is 7.09. The third-order valence-electron chi connectivity index (χ3n) is 5.33. The van der Waals surface area contributed by atoms with Gasteiger partial charge in [-0.05, 0) is 36.4 Å². The Morgan fingerprint density at radius 2 is 1.69 bits per heavy atom. The summed E-state index contributed by atoms with van der Waals surface area (Å²) in [6, 6.07) is 9.58. The molecule has 0 amide bonds. The Bertz CT molecular complexity index is 1600. The van der Waals surface area contributed by atoms with Gasteiger partial charge < -0.3 is 15.2 Å². The maximum absolute atomic E-state index is 13.8. The summed E-state index contributed by atoms with van der Waals surface area (Å²) < 4.78 is 110. The number of tetrazole rings is 1. The monoisotopic (exact) mass is 743 g/mol. The summed E-state index contributed by atoms with van der Waals surface area (Å²) in [6.07, 6.45) is -9.75. The first kappa shape index (κ1) is 28.3. The van der Waals surface area contributed by atoms with Crippen LogP contribution in [-0.4, -0.2) is 35.2 Å². The van der Waals surface area contributed by atoms with Crippen LogP contribution in [0.15, 0.2) is 59.5 Å². The minimum Gasteiger partial charge on any atom is -0.406 e. The van der Waals surface area contributed by atoms with Gasteiger partial charge in [-0.2, -0.15) is 13.2 Å². The van der Waals surface area contributed by atoms with Gasteiger partial charge >= 0.3 is 12.5 Å². The summed E-state index contributed by atoms with van der Waals surface area (Å²) in [5.74, 6) is -0.969. The molecule has 39 heavy (non-hydrogen) atoms. The van der Waals surface area contributed by atoms with E-state index in [2.05, 4.69) is 35.7 Å². The van der Waals surface area contributed by atoms with E-state index in [0.717, 1.165) is 34.6 Å². The number of sulfonamides is 1. The fourth-order valence-electron chi connectivity index (χ4n) is 3.73. The van der Waals surface area contributed by atoms with Crippen LogP contribution in [0.3, 0.4) is 0 Å². The predicted molar refractivity (Wildman–Crippen MR) is 118 cm³/mol. The molecule has 1 aliphatic heterocycles. The van der Waals surface area contributed by atoms with E-state index in [1.165, 1.54) is 18.2 Å². The first-order valence-electron chi connectivity index (χ1n) is 10.4. The van der Waals surface area contributed by atoms with Crippen molar-refractivity contribution in [2.24, 2.45) is 0 Å². The van der Waals surface area contributed by atoms with Gasteiger partial charge in [0, 0.05) is 31.5 Å². The number of rotatable bonds is 4. The van der Waals surface area contributed by atoms with Crippen LogP contribution in [0.1, 0.15) is 11.3 Å². The summed E-state index contributed by atoms with van der Waals surface area (Å²) in [7, 11) is -4.54. The topological polar surface area (TPSA) is 124 Å². The Hall–Kier alpha value is -3.75. The maximum Gasteiger partial charge on any atom is 0.573 e. The number of alkyl halides is 6. The molecule has 5 rings (SSSR count). The van der Waals surface area contributed by atoms with Gasteiger partial charge in [0.1, 0.15) is 17.3 Å². The number of para-hydroxylation sites is 1. The summed E-state index contributed by atoms with van der Waals surface area (Å²) in [5.41, 5.74) is -1.03. The molecule has 0 aliphatic carbocycles. The molecule has 1 radical (unpaired) electrons. The van der Waals surface area contributed by atoms with Crippen molar-refractivity contribution in [3.05, 3.63) is 65.9 Å². The fourth-order valence-corrected chi connectivity index (χ4v) is 5.22. The molecular weight excluding hydrogens is 731 g/mol. The van der Waals surface area contributed by atoms with Crippen LogP contribution < -0.4 is 19.6 Å². The minimum atomic E-state index is -4.99. The molecule has 0 atom stereocenters. The van der Waals surface area contributed by atoms with E-state index in [4.69, 9.17) is 0 Å². The molecule has 2 aromatic heterocycles. The maximum atomic E-state index is 13.8. The molecule has 0 bridgehead atoms. The number of halogens is 6. The number of nitrogens with one attached hydrogen (secondary N) is 1. The number of hydrogen-bond acceptors (Lipinski definition) is 8. The van der Waals surface area contributed by atoms with Crippen molar-refractivity contribution in [3.63, 3.8) is 0 Å². The van der Waals surface area contributed by atoms with Crippen molar-refractivity contribution >= 4 is 27.2 Å². The summed E-state index contributed by atoms with van der Waals surface area (Å²) in [5, 5.41) is 17.0. The van der Waals surface area contributed by atoms with Gasteiger partial charge in [0.15, 0.2) is 0 Å². The van der Waals surface area contributed by atoms with Crippen LogP contribution in [0.4, 0.5) is 43.5 Å². The second-order valence-corrected chi connectivity index (χ2v) is 9.62. The molecule has 10 nitrogen and oxygen atoms in total. The number of pyridine rings is 1. The standard InChI is InChI=1S/C21H12F6N7O3S.Re/c22-20(23,24)16-9-4-11-10-34(38(35,36)13-7-5-12(6-8-13)37-21(25,26)27)17-14(19-30-32-33-31-19)2-1-3-15(17)28-18(11)29-16;/h1-9H,10H2,(H-,28,29,30,31,32,33);/q-1;. The van der Waals surface area contributed by atoms with Crippen LogP contribution in [0.25, 0.3) is 11.4 Å². The van der Waals surface area contributed by atoms with E-state index in [1.807, 2.05) is 0 Å². The smallest absolute Gasteiger partial charge is 0.406 e. The van der Waals surface area contributed by atoms with Crippen LogP contribution in [0, 0.1) is 0 Å². The molecule has 1 N–H and O–H groups in total. The average molecular weight is 743 g/mol. The molecular formula is C21H12F6N7O3ReS-. The molecule has 2 aromatic carbocycles. The Morgan fingerprint density at radius 1 is 0.974 bits per heavy atom. The van der Waals surface area contributed by atoms with Gasteiger partial charge in [-0.3, -0.25) is 14.7 Å². The van der Waals surface area contributed by atoms with Crippen molar-refractivity contribution in [2.45, 2.75) is 24.0 Å². The van der Waals surface area contributed by atoms with Crippen LogP contribution >= 0.6 is 0 Å². The number of anilines is 3. The van der Waals surface area contributed by atoms with Gasteiger partial charge in [-0.15, -0.1) is 13.2 Å². The molecule has 0 unspecified atom stereocenters. The van der Waals surface area contributed by atoms with Crippen LogP contribution in [0.5, 0.6) is 5.75 Å². The second kappa shape index (κ2) is 10.1. The summed E-state index contributed by atoms with van der Waals surface area (Å²) in [6.45, 7) is -0.498. The molecule has 0 saturated carbocycles. The van der Waals surface area contributed by atoms with Crippen molar-refractivity contribution in [3.8, 4) is 17.1 Å². The molecule has 0 spiro atoms. The normalized spacial score (nSPS) is 13.4. The van der Waals surface area contributed by atoms with Gasteiger partial charge in [-0.25, -0.2) is 18.5 Å². The van der Waals surface area contributed by atoms with Crippen molar-refractivity contribution < 1.29 is 59.9 Å². The molecule has 1 aliphatic rings. The van der Waals surface area contributed by atoms with E-state index in [1.54, 1.807) is 0 Å².